The summed E-state index contributed by atoms with van der Waals surface area (Å²) in [6.07, 6.45) is 3.37. The predicted octanol–water partition coefficient (Wildman–Crippen LogP) is 2.53. The van der Waals surface area contributed by atoms with E-state index in [1.165, 1.54) is 11.6 Å². The summed E-state index contributed by atoms with van der Waals surface area (Å²) in [7, 11) is 0. The van der Waals surface area contributed by atoms with Crippen molar-refractivity contribution in [1.29, 1.82) is 0 Å². The zero-order valence-electron chi connectivity index (χ0n) is 10.9. The highest BCUT2D eigenvalue weighted by Crippen LogP contribution is 2.19. The summed E-state index contributed by atoms with van der Waals surface area (Å²) in [5.41, 5.74) is 5.30. The molecule has 0 aliphatic carbocycles. The maximum Gasteiger partial charge on any atom is 0.128 e. The molecule has 1 aromatic heterocycles. The molecule has 2 rings (SSSR count). The highest BCUT2D eigenvalue weighted by Gasteiger charge is 2.15. The molecule has 4 heteroatoms. The number of nitrogens with one attached hydrogen (secondary N) is 1. The molecule has 1 aromatic carbocycles. The van der Waals surface area contributed by atoms with E-state index in [4.69, 9.17) is 5.84 Å². The molecular weight excluding hydrogens is 241 g/mol. The fraction of sp³-hybridized carbons (Fsp3) is 0.267. The van der Waals surface area contributed by atoms with Gasteiger partial charge in [0.15, 0.2) is 0 Å². The fourth-order valence-electron chi connectivity index (χ4n) is 2.01. The summed E-state index contributed by atoms with van der Waals surface area (Å²) in [5, 5.41) is 0. The second-order valence-corrected chi connectivity index (χ2v) is 4.46. The van der Waals surface area contributed by atoms with E-state index in [1.54, 1.807) is 18.2 Å². The Hall–Kier alpha value is -1.78. The summed E-state index contributed by atoms with van der Waals surface area (Å²) >= 11 is 0. The third-order valence-corrected chi connectivity index (χ3v) is 3.19. The number of aromatic nitrogens is 1. The van der Waals surface area contributed by atoms with Gasteiger partial charge >= 0.3 is 0 Å². The Kier molecular flexibility index (Phi) is 4.60. The van der Waals surface area contributed by atoms with Gasteiger partial charge in [-0.3, -0.25) is 16.3 Å². The quantitative estimate of drug-likeness (QED) is 0.641. The van der Waals surface area contributed by atoms with Gasteiger partial charge in [-0.25, -0.2) is 4.39 Å². The topological polar surface area (TPSA) is 50.9 Å². The maximum absolute atomic E-state index is 13.7. The molecule has 0 aliphatic heterocycles. The van der Waals surface area contributed by atoms with Crippen molar-refractivity contribution in [2.45, 2.75) is 25.8 Å². The molecule has 0 radical (unpaired) electrons. The molecule has 1 atom stereocenters. The van der Waals surface area contributed by atoms with Crippen LogP contribution in [0.1, 0.15) is 29.8 Å². The molecule has 3 nitrogen and oxygen atoms in total. The van der Waals surface area contributed by atoms with Crippen LogP contribution in [0.3, 0.4) is 0 Å². The minimum Gasteiger partial charge on any atom is -0.271 e. The van der Waals surface area contributed by atoms with Crippen LogP contribution in [0.15, 0.2) is 42.6 Å². The van der Waals surface area contributed by atoms with Crippen molar-refractivity contribution in [2.24, 2.45) is 5.84 Å². The second kappa shape index (κ2) is 6.41. The molecule has 0 spiro atoms. The van der Waals surface area contributed by atoms with Gasteiger partial charge in [-0.1, -0.05) is 31.2 Å². The third kappa shape index (κ3) is 3.36. The van der Waals surface area contributed by atoms with Crippen LogP contribution in [0.4, 0.5) is 4.39 Å². The summed E-state index contributed by atoms with van der Waals surface area (Å²) < 4.78 is 13.7. The molecule has 0 aliphatic rings. The summed E-state index contributed by atoms with van der Waals surface area (Å²) in [6.45, 7) is 2.08. The highest BCUT2D eigenvalue weighted by molar-refractivity contribution is 5.23. The first kappa shape index (κ1) is 13.6. The number of benzene rings is 1. The van der Waals surface area contributed by atoms with E-state index in [2.05, 4.69) is 17.3 Å². The molecule has 100 valence electrons. The number of halogens is 1. The van der Waals surface area contributed by atoms with Crippen LogP contribution in [0.5, 0.6) is 0 Å². The fourth-order valence-corrected chi connectivity index (χ4v) is 2.01. The van der Waals surface area contributed by atoms with Gasteiger partial charge in [-0.15, -0.1) is 0 Å². The normalized spacial score (nSPS) is 12.4. The van der Waals surface area contributed by atoms with Gasteiger partial charge in [0, 0.05) is 23.9 Å². The van der Waals surface area contributed by atoms with E-state index in [0.29, 0.717) is 12.0 Å². The molecule has 0 fully saturated rings. The van der Waals surface area contributed by atoms with Crippen LogP contribution < -0.4 is 11.3 Å². The van der Waals surface area contributed by atoms with Crippen molar-refractivity contribution in [3.63, 3.8) is 0 Å². The van der Waals surface area contributed by atoms with Crippen molar-refractivity contribution >= 4 is 0 Å². The van der Waals surface area contributed by atoms with Crippen molar-refractivity contribution in [3.05, 3.63) is 65.2 Å². The van der Waals surface area contributed by atoms with Crippen LogP contribution in [0.25, 0.3) is 0 Å². The number of nitrogens with zero attached hydrogens (tertiary/aromatic N) is 1. The zero-order valence-corrected chi connectivity index (χ0v) is 10.9. The molecule has 3 N–H and O–H groups in total. The van der Waals surface area contributed by atoms with E-state index in [1.807, 2.05) is 18.3 Å². The monoisotopic (exact) mass is 259 g/mol. The molecule has 1 unspecified atom stereocenters. The number of hydrogen-bond acceptors (Lipinski definition) is 3. The van der Waals surface area contributed by atoms with Gasteiger partial charge in [-0.2, -0.15) is 0 Å². The first-order valence-corrected chi connectivity index (χ1v) is 6.39. The standard InChI is InChI=1S/C15H18FN3/c1-2-11-7-8-12(18-10-11)9-15(19-17)13-5-3-4-6-14(13)16/h3-8,10,15,19H,2,9,17H2,1H3. The largest absolute Gasteiger partial charge is 0.271 e. The lowest BCUT2D eigenvalue weighted by Crippen LogP contribution is -2.30. The first-order chi connectivity index (χ1) is 9.24. The first-order valence-electron chi connectivity index (χ1n) is 6.39. The molecule has 0 saturated heterocycles. The van der Waals surface area contributed by atoms with Gasteiger partial charge < -0.3 is 0 Å². The number of hydrazine groups is 1. The molecule has 2 aromatic rings. The highest BCUT2D eigenvalue weighted by atomic mass is 19.1. The van der Waals surface area contributed by atoms with Gasteiger partial charge in [0.25, 0.3) is 0 Å². The predicted molar refractivity (Wildman–Crippen MR) is 73.8 cm³/mol. The minimum absolute atomic E-state index is 0.254. The van der Waals surface area contributed by atoms with Gasteiger partial charge in [0.1, 0.15) is 5.82 Å². The lowest BCUT2D eigenvalue weighted by atomic mass is 10.0. The van der Waals surface area contributed by atoms with Gasteiger partial charge in [0.05, 0.1) is 6.04 Å². The van der Waals surface area contributed by atoms with Crippen LogP contribution in [0, 0.1) is 5.82 Å². The Balaban J connectivity index is 2.17. The molecule has 1 heterocycles. The average Bonchev–Trinajstić information content (AvgIpc) is 2.46. The summed E-state index contributed by atoms with van der Waals surface area (Å²) in [5.74, 6) is 5.28. The smallest absolute Gasteiger partial charge is 0.128 e. The molecule has 0 amide bonds. The number of hydrogen-bond donors (Lipinski definition) is 2. The molecule has 0 saturated carbocycles. The Labute approximate surface area is 112 Å². The zero-order chi connectivity index (χ0) is 13.7. The van der Waals surface area contributed by atoms with Gasteiger partial charge in [-0.05, 0) is 24.1 Å². The average molecular weight is 259 g/mol. The Morgan fingerprint density at radius 3 is 2.63 bits per heavy atom. The number of rotatable bonds is 5. The lowest BCUT2D eigenvalue weighted by Gasteiger charge is -2.16. The van der Waals surface area contributed by atoms with E-state index in [-0.39, 0.29) is 11.9 Å². The molecule has 0 bridgehead atoms. The SMILES string of the molecule is CCc1ccc(CC(NN)c2ccccc2F)nc1. The Morgan fingerprint density at radius 2 is 2.05 bits per heavy atom. The number of pyridine rings is 1. The van der Waals surface area contributed by atoms with E-state index in [0.717, 1.165) is 12.1 Å². The summed E-state index contributed by atoms with van der Waals surface area (Å²) in [6, 6.07) is 10.4. The van der Waals surface area contributed by atoms with Crippen molar-refractivity contribution in [3.8, 4) is 0 Å². The van der Waals surface area contributed by atoms with Crippen LogP contribution in [-0.2, 0) is 12.8 Å². The van der Waals surface area contributed by atoms with Crippen LogP contribution in [0.2, 0.25) is 0 Å². The lowest BCUT2D eigenvalue weighted by molar-refractivity contribution is 0.506. The third-order valence-electron chi connectivity index (χ3n) is 3.19. The minimum atomic E-state index is -0.277. The van der Waals surface area contributed by atoms with E-state index >= 15 is 0 Å². The number of aryl methyl sites for hydroxylation is 1. The summed E-state index contributed by atoms with van der Waals surface area (Å²) in [4.78, 5) is 4.37. The Morgan fingerprint density at radius 1 is 1.26 bits per heavy atom. The van der Waals surface area contributed by atoms with Crippen molar-refractivity contribution in [2.75, 3.05) is 0 Å². The van der Waals surface area contributed by atoms with Gasteiger partial charge in [0.2, 0.25) is 0 Å². The molecular formula is C15H18FN3. The van der Waals surface area contributed by atoms with Crippen molar-refractivity contribution in [1.82, 2.24) is 10.4 Å². The van der Waals surface area contributed by atoms with E-state index < -0.39 is 0 Å². The van der Waals surface area contributed by atoms with Crippen LogP contribution in [-0.4, -0.2) is 4.98 Å². The maximum atomic E-state index is 13.7. The molecule has 19 heavy (non-hydrogen) atoms. The van der Waals surface area contributed by atoms with Crippen LogP contribution >= 0.6 is 0 Å². The van der Waals surface area contributed by atoms with Crippen molar-refractivity contribution < 1.29 is 4.39 Å². The van der Waals surface area contributed by atoms with E-state index in [9.17, 15) is 4.39 Å². The number of nitrogens with two attached hydrogens (primary N) is 1. The Bertz CT molecular complexity index is 525. The second-order valence-electron chi connectivity index (χ2n) is 4.46.